The van der Waals surface area contributed by atoms with Crippen LogP contribution in [0.4, 0.5) is 5.69 Å². The Morgan fingerprint density at radius 2 is 1.68 bits per heavy atom. The molecule has 0 radical (unpaired) electrons. The number of piperazine rings is 1. The van der Waals surface area contributed by atoms with Gasteiger partial charge in [-0.15, -0.1) is 0 Å². The molecule has 1 heterocycles. The van der Waals surface area contributed by atoms with Gasteiger partial charge in [-0.3, -0.25) is 4.79 Å². The fourth-order valence-corrected chi connectivity index (χ4v) is 3.58. The topological polar surface area (TPSA) is 42.0 Å². The van der Waals surface area contributed by atoms with Crippen molar-refractivity contribution >= 4 is 11.6 Å². The average Bonchev–Trinajstić information content (AvgIpc) is 2.74. The number of para-hydroxylation sites is 2. The third kappa shape index (κ3) is 4.24. The molecule has 5 nitrogen and oxygen atoms in total. The molecule has 0 bridgehead atoms. The van der Waals surface area contributed by atoms with Gasteiger partial charge in [0.25, 0.3) is 5.91 Å². The molecule has 0 aromatic heterocycles. The average molecular weight is 383 g/mol. The number of ether oxygens (including phenoxy) is 2. The lowest BCUT2D eigenvalue weighted by molar-refractivity contribution is -0.139. The molecule has 1 aliphatic heterocycles. The molecule has 2 aromatic rings. The summed E-state index contributed by atoms with van der Waals surface area (Å²) in [6.07, 6.45) is 0.206. The lowest BCUT2D eigenvalue weighted by Crippen LogP contribution is -2.52. The van der Waals surface area contributed by atoms with Gasteiger partial charge in [-0.1, -0.05) is 31.2 Å². The van der Waals surface area contributed by atoms with Crippen LogP contribution in [0.15, 0.2) is 42.5 Å². The van der Waals surface area contributed by atoms with Crippen LogP contribution in [0.3, 0.4) is 0 Å². The number of benzene rings is 2. The first kappa shape index (κ1) is 20.1. The molecule has 5 heteroatoms. The van der Waals surface area contributed by atoms with Crippen LogP contribution in [0.1, 0.15) is 24.5 Å². The quantitative estimate of drug-likeness (QED) is 0.762. The van der Waals surface area contributed by atoms with Gasteiger partial charge in [0.2, 0.25) is 0 Å². The van der Waals surface area contributed by atoms with Crippen molar-refractivity contribution in [1.82, 2.24) is 4.90 Å². The van der Waals surface area contributed by atoms with E-state index in [1.54, 1.807) is 7.11 Å². The number of amides is 1. The highest BCUT2D eigenvalue weighted by molar-refractivity contribution is 5.81. The van der Waals surface area contributed by atoms with Crippen molar-refractivity contribution < 1.29 is 14.3 Å². The van der Waals surface area contributed by atoms with Crippen LogP contribution in [-0.4, -0.2) is 50.2 Å². The van der Waals surface area contributed by atoms with Crippen LogP contribution in [0.2, 0.25) is 0 Å². The molecule has 0 aliphatic carbocycles. The summed E-state index contributed by atoms with van der Waals surface area (Å²) in [6.45, 7) is 9.03. The molecule has 1 saturated heterocycles. The fraction of sp³-hybridized carbons (Fsp3) is 0.435. The van der Waals surface area contributed by atoms with Gasteiger partial charge in [0.1, 0.15) is 11.5 Å². The van der Waals surface area contributed by atoms with Gasteiger partial charge in [0.05, 0.1) is 12.8 Å². The lowest BCUT2D eigenvalue weighted by Gasteiger charge is -2.37. The van der Waals surface area contributed by atoms with E-state index in [9.17, 15) is 4.79 Å². The summed E-state index contributed by atoms with van der Waals surface area (Å²) in [5.74, 6) is 1.74. The van der Waals surface area contributed by atoms with Crippen molar-refractivity contribution in [3.63, 3.8) is 0 Å². The normalized spacial score (nSPS) is 15.3. The van der Waals surface area contributed by atoms with Crippen LogP contribution < -0.4 is 14.4 Å². The number of hydrogen-bond acceptors (Lipinski definition) is 4. The van der Waals surface area contributed by atoms with Crippen molar-refractivity contribution in [3.8, 4) is 11.5 Å². The smallest absolute Gasteiger partial charge is 0.263 e. The van der Waals surface area contributed by atoms with Crippen LogP contribution in [0.5, 0.6) is 11.5 Å². The maximum Gasteiger partial charge on any atom is 0.263 e. The number of methoxy groups -OCH3 is 1. The second-order valence-corrected chi connectivity index (χ2v) is 7.20. The molecular weight excluding hydrogens is 352 g/mol. The Morgan fingerprint density at radius 3 is 2.36 bits per heavy atom. The highest BCUT2D eigenvalue weighted by Gasteiger charge is 2.29. The highest BCUT2D eigenvalue weighted by atomic mass is 16.5. The molecule has 2 aromatic carbocycles. The van der Waals surface area contributed by atoms with Crippen molar-refractivity contribution in [2.75, 3.05) is 38.2 Å². The molecule has 0 spiro atoms. The first-order valence-corrected chi connectivity index (χ1v) is 9.94. The zero-order valence-electron chi connectivity index (χ0n) is 17.3. The zero-order valence-corrected chi connectivity index (χ0v) is 17.3. The molecule has 1 fully saturated rings. The Hall–Kier alpha value is -2.69. The second-order valence-electron chi connectivity index (χ2n) is 7.20. The number of hydrogen-bond donors (Lipinski definition) is 0. The minimum absolute atomic E-state index is 0.0723. The number of nitrogens with zero attached hydrogens (tertiary/aromatic N) is 2. The van der Waals surface area contributed by atoms with Crippen molar-refractivity contribution in [1.29, 1.82) is 0 Å². The van der Waals surface area contributed by atoms with Crippen LogP contribution >= 0.6 is 0 Å². The summed E-state index contributed by atoms with van der Waals surface area (Å²) in [5, 5.41) is 0. The van der Waals surface area contributed by atoms with Gasteiger partial charge < -0.3 is 19.3 Å². The Balaban J connectivity index is 1.64. The van der Waals surface area contributed by atoms with Crippen LogP contribution in [0.25, 0.3) is 0 Å². The van der Waals surface area contributed by atoms with Crippen molar-refractivity contribution in [3.05, 3.63) is 53.6 Å². The van der Waals surface area contributed by atoms with Gasteiger partial charge in [-0.25, -0.2) is 0 Å². The Morgan fingerprint density at radius 1 is 1.00 bits per heavy atom. The van der Waals surface area contributed by atoms with E-state index in [1.165, 1.54) is 5.56 Å². The van der Waals surface area contributed by atoms with E-state index in [1.807, 2.05) is 49.1 Å². The Kier molecular flexibility index (Phi) is 6.45. The molecule has 1 amide bonds. The van der Waals surface area contributed by atoms with E-state index in [2.05, 4.69) is 24.0 Å². The predicted molar refractivity (Wildman–Crippen MR) is 112 cm³/mol. The maximum absolute atomic E-state index is 13.1. The molecule has 150 valence electrons. The molecule has 0 N–H and O–H groups in total. The zero-order chi connectivity index (χ0) is 20.1. The SMILES string of the molecule is CC[C@H](Oc1cccc(C)c1C)C(=O)N1CCN(c2ccccc2OC)CC1. The summed E-state index contributed by atoms with van der Waals surface area (Å²) in [5.41, 5.74) is 3.34. The molecule has 1 aliphatic rings. The van der Waals surface area contributed by atoms with Gasteiger partial charge in [-0.2, -0.15) is 0 Å². The lowest BCUT2D eigenvalue weighted by atomic mass is 10.1. The summed E-state index contributed by atoms with van der Waals surface area (Å²) in [7, 11) is 1.69. The minimum atomic E-state index is -0.446. The third-order valence-electron chi connectivity index (χ3n) is 5.49. The summed E-state index contributed by atoms with van der Waals surface area (Å²) < 4.78 is 11.6. The van der Waals surface area contributed by atoms with Gasteiger partial charge in [0.15, 0.2) is 6.10 Å². The summed E-state index contributed by atoms with van der Waals surface area (Å²) in [4.78, 5) is 17.2. The van der Waals surface area contributed by atoms with E-state index in [4.69, 9.17) is 9.47 Å². The van der Waals surface area contributed by atoms with Gasteiger partial charge >= 0.3 is 0 Å². The third-order valence-corrected chi connectivity index (χ3v) is 5.49. The number of aryl methyl sites for hydroxylation is 1. The van der Waals surface area contributed by atoms with Gasteiger partial charge in [0, 0.05) is 26.2 Å². The summed E-state index contributed by atoms with van der Waals surface area (Å²) in [6, 6.07) is 14.0. The number of carbonyl (C=O) groups excluding carboxylic acids is 1. The molecule has 3 rings (SSSR count). The monoisotopic (exact) mass is 382 g/mol. The van der Waals surface area contributed by atoms with E-state index in [0.29, 0.717) is 19.5 Å². The van der Waals surface area contributed by atoms with E-state index < -0.39 is 6.10 Å². The van der Waals surface area contributed by atoms with Gasteiger partial charge in [-0.05, 0) is 49.6 Å². The largest absolute Gasteiger partial charge is 0.495 e. The molecule has 0 saturated carbocycles. The highest BCUT2D eigenvalue weighted by Crippen LogP contribution is 2.29. The number of anilines is 1. The first-order valence-electron chi connectivity index (χ1n) is 9.94. The molecule has 28 heavy (non-hydrogen) atoms. The van der Waals surface area contributed by atoms with Crippen molar-refractivity contribution in [2.45, 2.75) is 33.3 Å². The Labute approximate surface area is 167 Å². The molecule has 0 unspecified atom stereocenters. The Bertz CT molecular complexity index is 813. The molecule has 1 atom stereocenters. The summed E-state index contributed by atoms with van der Waals surface area (Å²) >= 11 is 0. The second kappa shape index (κ2) is 9.00. The fourth-order valence-electron chi connectivity index (χ4n) is 3.58. The van der Waals surface area contributed by atoms with Crippen LogP contribution in [0, 0.1) is 13.8 Å². The standard InChI is InChI=1S/C23H30N2O3/c1-5-20(28-21-12-8-9-17(2)18(21)3)23(26)25-15-13-24(14-16-25)19-10-6-7-11-22(19)27-4/h6-12,20H,5,13-16H2,1-4H3/t20-/m0/s1. The molecular formula is C23H30N2O3. The van der Waals surface area contributed by atoms with Crippen molar-refractivity contribution in [2.24, 2.45) is 0 Å². The van der Waals surface area contributed by atoms with E-state index >= 15 is 0 Å². The first-order chi connectivity index (χ1) is 13.5. The minimum Gasteiger partial charge on any atom is -0.495 e. The van der Waals surface area contributed by atoms with Crippen LogP contribution in [-0.2, 0) is 4.79 Å². The predicted octanol–water partition coefficient (Wildman–Crippen LogP) is 3.82. The van der Waals surface area contributed by atoms with E-state index in [0.717, 1.165) is 35.8 Å². The number of carbonyl (C=O) groups is 1. The van der Waals surface area contributed by atoms with E-state index in [-0.39, 0.29) is 5.91 Å². The number of rotatable bonds is 6. The maximum atomic E-state index is 13.1.